The number of thiocarbonyl (C=S) groups is 1. The van der Waals surface area contributed by atoms with E-state index < -0.39 is 0 Å². The minimum Gasteiger partial charge on any atom is -0.352 e. The lowest BCUT2D eigenvalue weighted by molar-refractivity contribution is 0.367. The monoisotopic (exact) mass is 390 g/mol. The molecule has 1 aliphatic rings. The highest BCUT2D eigenvalue weighted by atomic mass is 32.1. The quantitative estimate of drug-likeness (QED) is 0.657. The number of hydrogen-bond donors (Lipinski definition) is 1. The Balaban J connectivity index is 1.86. The van der Waals surface area contributed by atoms with Crippen molar-refractivity contribution in [1.82, 2.24) is 19.8 Å². The van der Waals surface area contributed by atoms with Crippen molar-refractivity contribution in [3.05, 3.63) is 82.4 Å². The van der Waals surface area contributed by atoms with Crippen molar-refractivity contribution in [3.8, 4) is 5.69 Å². The normalized spacial score (nSPS) is 19.2. The first-order chi connectivity index (χ1) is 13.4. The molecule has 3 heterocycles. The molecule has 0 aliphatic carbocycles. The largest absolute Gasteiger partial charge is 0.352 e. The van der Waals surface area contributed by atoms with Gasteiger partial charge in [0.05, 0.1) is 23.5 Å². The summed E-state index contributed by atoms with van der Waals surface area (Å²) in [6, 6.07) is 15.0. The maximum atomic E-state index is 5.59. The van der Waals surface area contributed by atoms with Gasteiger partial charge in [-0.1, -0.05) is 24.3 Å². The van der Waals surface area contributed by atoms with Crippen LogP contribution in [0.2, 0.25) is 0 Å². The number of aryl methyl sites for hydroxylation is 3. The maximum Gasteiger partial charge on any atom is 0.169 e. The zero-order valence-corrected chi connectivity index (χ0v) is 17.8. The van der Waals surface area contributed by atoms with Crippen molar-refractivity contribution in [1.29, 1.82) is 0 Å². The number of benzene rings is 1. The van der Waals surface area contributed by atoms with E-state index in [0.29, 0.717) is 0 Å². The zero-order chi connectivity index (χ0) is 20.0. The van der Waals surface area contributed by atoms with Crippen LogP contribution in [0.3, 0.4) is 0 Å². The van der Waals surface area contributed by atoms with Crippen LogP contribution in [0.25, 0.3) is 5.69 Å². The summed E-state index contributed by atoms with van der Waals surface area (Å²) in [6.07, 6.45) is 1.84. The fraction of sp³-hybridized carbons (Fsp3) is 0.304. The molecule has 0 unspecified atom stereocenters. The Morgan fingerprint density at radius 3 is 2.36 bits per heavy atom. The molecule has 4 rings (SSSR count). The molecular weight excluding hydrogens is 364 g/mol. The van der Waals surface area contributed by atoms with Crippen LogP contribution in [0.4, 0.5) is 0 Å². The molecule has 2 atom stereocenters. The van der Waals surface area contributed by atoms with Crippen LogP contribution in [0.1, 0.15) is 45.9 Å². The van der Waals surface area contributed by atoms with Crippen LogP contribution in [0.15, 0.2) is 48.7 Å². The Kier molecular flexibility index (Phi) is 4.71. The Morgan fingerprint density at radius 1 is 1.00 bits per heavy atom. The highest BCUT2D eigenvalue weighted by Gasteiger charge is 2.39. The van der Waals surface area contributed by atoms with Crippen LogP contribution in [0, 0.1) is 27.7 Å². The molecule has 1 aliphatic heterocycles. The molecule has 3 aromatic rings. The van der Waals surface area contributed by atoms with Crippen molar-refractivity contribution in [2.24, 2.45) is 0 Å². The molecule has 1 N–H and O–H groups in total. The first-order valence-corrected chi connectivity index (χ1v) is 10.0. The third-order valence-corrected chi connectivity index (χ3v) is 6.20. The average Bonchev–Trinajstić information content (AvgIpc) is 3.12. The Hall–Kier alpha value is -2.66. The Bertz CT molecular complexity index is 1020. The summed E-state index contributed by atoms with van der Waals surface area (Å²) < 4.78 is 2.38. The zero-order valence-electron chi connectivity index (χ0n) is 17.0. The van der Waals surface area contributed by atoms with Gasteiger partial charge >= 0.3 is 0 Å². The summed E-state index contributed by atoms with van der Waals surface area (Å²) in [7, 11) is 2.06. The summed E-state index contributed by atoms with van der Waals surface area (Å²) in [5.41, 5.74) is 8.61. The van der Waals surface area contributed by atoms with E-state index in [0.717, 1.165) is 10.8 Å². The number of hydrogen-bond acceptors (Lipinski definition) is 2. The van der Waals surface area contributed by atoms with E-state index in [9.17, 15) is 0 Å². The van der Waals surface area contributed by atoms with Gasteiger partial charge in [0.25, 0.3) is 0 Å². The molecular formula is C23H26N4S. The smallest absolute Gasteiger partial charge is 0.169 e. The van der Waals surface area contributed by atoms with Gasteiger partial charge in [-0.3, -0.25) is 4.98 Å². The van der Waals surface area contributed by atoms with Crippen molar-refractivity contribution >= 4 is 17.3 Å². The molecule has 28 heavy (non-hydrogen) atoms. The van der Waals surface area contributed by atoms with E-state index in [1.165, 1.54) is 33.8 Å². The number of rotatable bonds is 3. The highest BCUT2D eigenvalue weighted by Crippen LogP contribution is 2.40. The molecule has 144 valence electrons. The van der Waals surface area contributed by atoms with Crippen molar-refractivity contribution < 1.29 is 0 Å². The van der Waals surface area contributed by atoms with Gasteiger partial charge in [-0.2, -0.15) is 0 Å². The molecule has 0 spiro atoms. The molecule has 0 radical (unpaired) electrons. The molecule has 1 aromatic carbocycles. The van der Waals surface area contributed by atoms with Crippen LogP contribution in [-0.2, 0) is 0 Å². The minimum atomic E-state index is 0.0330. The van der Waals surface area contributed by atoms with Gasteiger partial charge in [0.1, 0.15) is 0 Å². The van der Waals surface area contributed by atoms with Crippen molar-refractivity contribution in [3.63, 3.8) is 0 Å². The SMILES string of the molecule is Cc1cccc(C)c1-n1c(C)cc([C@H]2[C@H](c3ccccn3)NC(=S)N2C)c1C. The number of pyridine rings is 1. The van der Waals surface area contributed by atoms with Gasteiger partial charge < -0.3 is 14.8 Å². The van der Waals surface area contributed by atoms with E-state index >= 15 is 0 Å². The second-order valence-corrected chi connectivity index (χ2v) is 8.03. The number of nitrogens with one attached hydrogen (secondary N) is 1. The topological polar surface area (TPSA) is 33.1 Å². The molecule has 0 bridgehead atoms. The van der Waals surface area contributed by atoms with Crippen LogP contribution in [0.5, 0.6) is 0 Å². The number of likely N-dealkylation sites (N-methyl/N-ethyl adjacent to an activating group) is 1. The summed E-state index contributed by atoms with van der Waals surface area (Å²) in [5, 5.41) is 4.23. The minimum absolute atomic E-state index is 0.0330. The maximum absolute atomic E-state index is 5.59. The predicted molar refractivity (Wildman–Crippen MR) is 118 cm³/mol. The van der Waals surface area contributed by atoms with Gasteiger partial charge in [-0.05, 0) is 74.8 Å². The number of para-hydroxylation sites is 1. The first kappa shape index (κ1) is 18.7. The lowest BCUT2D eigenvalue weighted by atomic mass is 9.97. The first-order valence-electron chi connectivity index (χ1n) is 9.60. The molecule has 0 amide bonds. The molecule has 5 heteroatoms. The van der Waals surface area contributed by atoms with Gasteiger partial charge in [0.15, 0.2) is 5.11 Å². The Labute approximate surface area is 172 Å². The molecule has 4 nitrogen and oxygen atoms in total. The second-order valence-electron chi connectivity index (χ2n) is 7.64. The standard InChI is InChI=1S/C23H26N4S/c1-14-9-8-10-15(2)21(14)27-16(3)13-18(17(27)4)22-20(25-23(28)26(22)5)19-11-6-7-12-24-19/h6-13,20,22H,1-5H3,(H,25,28)/t20-,22-/m0/s1. The molecule has 1 saturated heterocycles. The van der Waals surface area contributed by atoms with Gasteiger partial charge in [0, 0.05) is 24.6 Å². The van der Waals surface area contributed by atoms with E-state index in [-0.39, 0.29) is 12.1 Å². The molecule has 0 saturated carbocycles. The fourth-order valence-corrected chi connectivity index (χ4v) is 4.68. The van der Waals surface area contributed by atoms with Gasteiger partial charge in [0.2, 0.25) is 0 Å². The third kappa shape index (κ3) is 2.90. The summed E-state index contributed by atoms with van der Waals surface area (Å²) in [4.78, 5) is 6.75. The van der Waals surface area contributed by atoms with Crippen LogP contribution >= 0.6 is 12.2 Å². The van der Waals surface area contributed by atoms with Crippen molar-refractivity contribution in [2.45, 2.75) is 39.8 Å². The van der Waals surface area contributed by atoms with Crippen LogP contribution < -0.4 is 5.32 Å². The van der Waals surface area contributed by atoms with E-state index in [4.69, 9.17) is 12.2 Å². The highest BCUT2D eigenvalue weighted by molar-refractivity contribution is 7.80. The number of aromatic nitrogens is 2. The summed E-state index contributed by atoms with van der Waals surface area (Å²) in [6.45, 7) is 8.74. The van der Waals surface area contributed by atoms with Crippen molar-refractivity contribution in [2.75, 3.05) is 7.05 Å². The van der Waals surface area contributed by atoms with Gasteiger partial charge in [-0.15, -0.1) is 0 Å². The molecule has 1 fully saturated rings. The summed E-state index contributed by atoms with van der Waals surface area (Å²) >= 11 is 5.59. The number of nitrogens with zero attached hydrogens (tertiary/aromatic N) is 3. The third-order valence-electron chi connectivity index (χ3n) is 5.79. The molecule has 2 aromatic heterocycles. The second kappa shape index (κ2) is 7.06. The summed E-state index contributed by atoms with van der Waals surface area (Å²) in [5.74, 6) is 0. The average molecular weight is 391 g/mol. The van der Waals surface area contributed by atoms with E-state index in [2.05, 4.69) is 84.8 Å². The lowest BCUT2D eigenvalue weighted by Gasteiger charge is -2.25. The van der Waals surface area contributed by atoms with E-state index in [1.807, 2.05) is 18.3 Å². The fourth-order valence-electron chi connectivity index (χ4n) is 4.44. The predicted octanol–water partition coefficient (Wildman–Crippen LogP) is 4.71. The van der Waals surface area contributed by atoms with Gasteiger partial charge in [-0.25, -0.2) is 0 Å². The Morgan fingerprint density at radius 2 is 1.71 bits per heavy atom. The lowest BCUT2D eigenvalue weighted by Crippen LogP contribution is -2.25. The van der Waals surface area contributed by atoms with E-state index in [1.54, 1.807) is 0 Å². The van der Waals surface area contributed by atoms with Crippen LogP contribution in [-0.4, -0.2) is 26.6 Å².